The van der Waals surface area contributed by atoms with E-state index in [0.29, 0.717) is 0 Å². The molecule has 1 fully saturated rings. The number of nitrogens with one attached hydrogen (secondary N) is 1. The highest BCUT2D eigenvalue weighted by molar-refractivity contribution is 7.54. The second-order valence-electron chi connectivity index (χ2n) is 8.78. The molecule has 8 nitrogen and oxygen atoms in total. The van der Waals surface area contributed by atoms with Crippen molar-refractivity contribution in [3.63, 3.8) is 0 Å². The van der Waals surface area contributed by atoms with Crippen LogP contribution in [0.4, 0.5) is 8.78 Å². The predicted octanol–water partition coefficient (Wildman–Crippen LogP) is 3.21. The van der Waals surface area contributed by atoms with Crippen molar-refractivity contribution in [2.45, 2.75) is 96.2 Å². The van der Waals surface area contributed by atoms with Gasteiger partial charge < -0.3 is 29.4 Å². The summed E-state index contributed by atoms with van der Waals surface area (Å²) in [4.78, 5) is 24.7. The minimum atomic E-state index is -4.53. The second-order valence-corrected chi connectivity index (χ2v) is 11.0. The van der Waals surface area contributed by atoms with Crippen LogP contribution in [-0.2, 0) is 13.8 Å². The van der Waals surface area contributed by atoms with Gasteiger partial charge in [-0.25, -0.2) is 8.78 Å². The average Bonchev–Trinajstić information content (AvgIpc) is 3.00. The summed E-state index contributed by atoms with van der Waals surface area (Å²) in [5.74, 6) is 4.07. The molecule has 0 aliphatic carbocycles. The molecular weight excluding hydrogens is 459 g/mol. The van der Waals surface area contributed by atoms with E-state index in [1.165, 1.54) is 34.6 Å². The molecule has 0 aromatic carbocycles. The number of aromatic nitrogens is 1. The highest BCUT2D eigenvalue weighted by Crippen LogP contribution is 2.59. The normalized spacial score (nSPS) is 28.3. The zero-order valence-electron chi connectivity index (χ0n) is 19.6. The minimum absolute atomic E-state index is 0.0518. The monoisotopic (exact) mass is 491 g/mol. The maximum absolute atomic E-state index is 15.1. The molecule has 7 unspecified atom stereocenters. The molecule has 0 saturated carbocycles. The van der Waals surface area contributed by atoms with Gasteiger partial charge in [0, 0.05) is 6.42 Å². The second kappa shape index (κ2) is 9.95. The van der Waals surface area contributed by atoms with E-state index in [1.54, 1.807) is 6.92 Å². The summed E-state index contributed by atoms with van der Waals surface area (Å²) in [7, 11) is -4.53. The lowest BCUT2D eigenvalue weighted by molar-refractivity contribution is -0.0536. The van der Waals surface area contributed by atoms with Crippen molar-refractivity contribution in [3.05, 3.63) is 33.0 Å². The van der Waals surface area contributed by atoms with Crippen molar-refractivity contribution in [1.29, 1.82) is 0 Å². The van der Waals surface area contributed by atoms with Gasteiger partial charge in [0.2, 0.25) is 0 Å². The van der Waals surface area contributed by atoms with Crippen LogP contribution in [0.1, 0.15) is 76.8 Å². The fraction of sp³-hybridized carbons (Fsp3) is 0.682. The molecule has 1 aliphatic rings. The van der Waals surface area contributed by atoms with Crippen LogP contribution in [0.5, 0.6) is 0 Å². The van der Waals surface area contributed by atoms with Crippen molar-refractivity contribution in [2.24, 2.45) is 0 Å². The molecule has 33 heavy (non-hydrogen) atoms. The van der Waals surface area contributed by atoms with Gasteiger partial charge in [0.15, 0.2) is 11.5 Å². The van der Waals surface area contributed by atoms with Gasteiger partial charge in [0.05, 0.1) is 22.8 Å². The number of aliphatic hydroxyl groups is 2. The molecule has 7 atom stereocenters. The lowest BCUT2D eigenvalue weighted by Crippen LogP contribution is -2.39. The fourth-order valence-corrected chi connectivity index (χ4v) is 4.97. The quantitative estimate of drug-likeness (QED) is 0.325. The Balaban J connectivity index is 2.40. The third-order valence-corrected chi connectivity index (χ3v) is 8.49. The third kappa shape index (κ3) is 5.40. The lowest BCUT2D eigenvalue weighted by atomic mass is 9.92. The maximum atomic E-state index is 15.1. The van der Waals surface area contributed by atoms with Gasteiger partial charge in [-0.1, -0.05) is 19.8 Å². The van der Waals surface area contributed by atoms with Crippen molar-refractivity contribution in [2.75, 3.05) is 0 Å². The van der Waals surface area contributed by atoms with Gasteiger partial charge in [0.1, 0.15) is 23.7 Å². The van der Waals surface area contributed by atoms with E-state index < -0.39 is 54.4 Å². The topological polar surface area (TPSA) is 129 Å². The number of rotatable bonds is 8. The molecule has 2 heterocycles. The smallest absolute Gasteiger partial charge is 0.359 e. The molecule has 1 aromatic rings. The Morgan fingerprint density at radius 1 is 1.30 bits per heavy atom. The Kier molecular flexibility index (Phi) is 8.33. The molecule has 2 rings (SSSR count). The highest BCUT2D eigenvalue weighted by atomic mass is 31.2. The van der Waals surface area contributed by atoms with E-state index in [9.17, 15) is 28.9 Å². The van der Waals surface area contributed by atoms with Crippen molar-refractivity contribution >= 4 is 7.60 Å². The van der Waals surface area contributed by atoms with Crippen LogP contribution in [-0.4, -0.2) is 49.4 Å². The summed E-state index contributed by atoms with van der Waals surface area (Å²) in [5.41, 5.74) is -2.83. The first kappa shape index (κ1) is 27.6. The Labute approximate surface area is 191 Å². The van der Waals surface area contributed by atoms with Crippen LogP contribution < -0.4 is 5.56 Å². The number of ether oxygens (including phenoxy) is 1. The first-order chi connectivity index (χ1) is 15.1. The summed E-state index contributed by atoms with van der Waals surface area (Å²) in [6.07, 6.45) is -6.66. The largest absolute Gasteiger partial charge is 0.387 e. The van der Waals surface area contributed by atoms with Crippen LogP contribution >= 0.6 is 7.60 Å². The molecule has 11 heteroatoms. The van der Waals surface area contributed by atoms with Gasteiger partial charge in [-0.3, -0.25) is 9.36 Å². The average molecular weight is 491 g/mol. The molecule has 0 bridgehead atoms. The number of pyridine rings is 1. The van der Waals surface area contributed by atoms with Crippen LogP contribution in [0.2, 0.25) is 0 Å². The van der Waals surface area contributed by atoms with Gasteiger partial charge in [-0.15, -0.1) is 0 Å². The molecule has 1 aliphatic heterocycles. The number of H-pyrrole nitrogens is 1. The fourth-order valence-electron chi connectivity index (χ4n) is 3.57. The molecule has 0 radical (unpaired) electrons. The van der Waals surface area contributed by atoms with Crippen molar-refractivity contribution in [3.8, 4) is 11.8 Å². The van der Waals surface area contributed by atoms with E-state index >= 15 is 4.39 Å². The molecule has 186 valence electrons. The summed E-state index contributed by atoms with van der Waals surface area (Å²) in [6.45, 7) is 8.54. The van der Waals surface area contributed by atoms with Crippen molar-refractivity contribution in [1.82, 2.24) is 4.98 Å². The number of halogens is 2. The molecule has 1 aromatic heterocycles. The zero-order chi connectivity index (χ0) is 25.4. The van der Waals surface area contributed by atoms with E-state index in [2.05, 4.69) is 16.8 Å². The van der Waals surface area contributed by atoms with Crippen molar-refractivity contribution < 1.29 is 37.7 Å². The summed E-state index contributed by atoms with van der Waals surface area (Å²) in [6, 6.07) is 0. The number of aliphatic hydroxyl groups excluding tert-OH is 1. The molecule has 1 saturated heterocycles. The van der Waals surface area contributed by atoms with E-state index in [4.69, 9.17) is 9.26 Å². The molecule has 0 amide bonds. The van der Waals surface area contributed by atoms with Gasteiger partial charge in [0.25, 0.3) is 5.56 Å². The van der Waals surface area contributed by atoms with E-state index in [-0.39, 0.29) is 36.1 Å². The van der Waals surface area contributed by atoms with Crippen LogP contribution in [0.25, 0.3) is 0 Å². The molecule has 4 N–H and O–H groups in total. The summed E-state index contributed by atoms with van der Waals surface area (Å²) in [5, 5.41) is 18.8. The standard InChI is InChI=1S/C22H32F2NO7P/c1-7-10-13-15(16(23)12(4)20(27)25-13)19-17(24)18(26)14(31-19)11-21(5,8-2)32-33(29,30)22(6,28)9-3/h14,17-19,26,28H,8-9,11H2,1-6H3,(H,25,27)(H,29,30). The number of hydrogen-bond acceptors (Lipinski definition) is 6. The van der Waals surface area contributed by atoms with E-state index in [0.717, 1.165) is 0 Å². The van der Waals surface area contributed by atoms with Crippen LogP contribution in [0, 0.1) is 24.6 Å². The number of hydrogen-bond donors (Lipinski definition) is 4. The molecular formula is C22H32F2NO7P. The van der Waals surface area contributed by atoms with E-state index in [1.807, 2.05) is 0 Å². The Morgan fingerprint density at radius 2 is 1.91 bits per heavy atom. The van der Waals surface area contributed by atoms with Crippen LogP contribution in [0.3, 0.4) is 0 Å². The molecule has 0 spiro atoms. The predicted molar refractivity (Wildman–Crippen MR) is 118 cm³/mol. The minimum Gasteiger partial charge on any atom is -0.387 e. The first-order valence-corrected chi connectivity index (χ1v) is 12.3. The zero-order valence-corrected chi connectivity index (χ0v) is 20.5. The van der Waals surface area contributed by atoms with Gasteiger partial charge in [-0.2, -0.15) is 0 Å². The third-order valence-electron chi connectivity index (χ3n) is 6.27. The Bertz CT molecular complexity index is 1050. The summed E-state index contributed by atoms with van der Waals surface area (Å²) >= 11 is 0. The lowest BCUT2D eigenvalue weighted by Gasteiger charge is -2.37. The van der Waals surface area contributed by atoms with Gasteiger partial charge >= 0.3 is 7.60 Å². The first-order valence-electron chi connectivity index (χ1n) is 10.7. The SMILES string of the molecule is CC#Cc1[nH]c(=O)c(C)c(F)c1C1OC(CC(C)(CC)OP(=O)(O)C(C)(O)CC)C(O)C1F. The van der Waals surface area contributed by atoms with Gasteiger partial charge in [-0.05, 0) is 46.5 Å². The maximum Gasteiger partial charge on any atom is 0.359 e. The Hall–Kier alpha value is -1.60. The van der Waals surface area contributed by atoms with Crippen LogP contribution in [0.15, 0.2) is 4.79 Å². The summed E-state index contributed by atoms with van der Waals surface area (Å²) < 4.78 is 53.9. The number of alkyl halides is 1. The number of aromatic amines is 1. The Morgan fingerprint density at radius 3 is 2.42 bits per heavy atom. The highest BCUT2D eigenvalue weighted by Gasteiger charge is 2.52.